The van der Waals surface area contributed by atoms with Crippen molar-refractivity contribution < 1.29 is 0 Å². The second-order valence-electron chi connectivity index (χ2n) is 6.74. The van der Waals surface area contributed by atoms with Gasteiger partial charge in [-0.1, -0.05) is 63.2 Å². The third kappa shape index (κ3) is 3.63. The molecule has 1 heterocycles. The van der Waals surface area contributed by atoms with Crippen LogP contribution in [0.5, 0.6) is 0 Å². The van der Waals surface area contributed by atoms with Crippen LogP contribution in [0.15, 0.2) is 66.9 Å². The molecule has 0 aliphatic heterocycles. The fourth-order valence-electron chi connectivity index (χ4n) is 2.53. The summed E-state index contributed by atoms with van der Waals surface area (Å²) in [4.78, 5) is 4.71. The van der Waals surface area contributed by atoms with Crippen LogP contribution < -0.4 is 0 Å². The number of rotatable bonds is 2. The lowest BCUT2D eigenvalue weighted by Gasteiger charge is -2.18. The topological polar surface area (TPSA) is 12.9 Å². The van der Waals surface area contributed by atoms with Gasteiger partial charge in [-0.2, -0.15) is 0 Å². The zero-order valence-electron chi connectivity index (χ0n) is 13.7. The standard InChI is InChI=1S/C21H20IN/c1-21(2,3)17-10-12-20(23-14-17)18-13-16(9-11-19(18)22)15-7-5-4-6-8-15/h4-14H,1-3H3. The van der Waals surface area contributed by atoms with Crippen molar-refractivity contribution in [3.63, 3.8) is 0 Å². The summed E-state index contributed by atoms with van der Waals surface area (Å²) in [6, 6.07) is 21.4. The van der Waals surface area contributed by atoms with E-state index in [4.69, 9.17) is 4.98 Å². The van der Waals surface area contributed by atoms with Crippen LogP contribution in [-0.2, 0) is 5.41 Å². The average molecular weight is 413 g/mol. The van der Waals surface area contributed by atoms with Crippen LogP contribution in [0.1, 0.15) is 26.3 Å². The van der Waals surface area contributed by atoms with Crippen molar-refractivity contribution in [2.75, 3.05) is 0 Å². The van der Waals surface area contributed by atoms with Crippen molar-refractivity contribution >= 4 is 22.6 Å². The number of hydrogen-bond acceptors (Lipinski definition) is 1. The number of pyridine rings is 1. The molecule has 0 aliphatic carbocycles. The third-order valence-electron chi connectivity index (χ3n) is 3.98. The van der Waals surface area contributed by atoms with E-state index >= 15 is 0 Å². The first-order chi connectivity index (χ1) is 10.9. The van der Waals surface area contributed by atoms with Crippen molar-refractivity contribution in [2.24, 2.45) is 0 Å². The van der Waals surface area contributed by atoms with Crippen molar-refractivity contribution in [3.8, 4) is 22.4 Å². The molecule has 2 aromatic carbocycles. The average Bonchev–Trinajstić information content (AvgIpc) is 2.55. The Morgan fingerprint density at radius 1 is 0.826 bits per heavy atom. The number of aromatic nitrogens is 1. The lowest BCUT2D eigenvalue weighted by molar-refractivity contribution is 0.587. The molecule has 0 spiro atoms. The number of nitrogens with zero attached hydrogens (tertiary/aromatic N) is 1. The van der Waals surface area contributed by atoms with Gasteiger partial charge in [0.05, 0.1) is 5.69 Å². The van der Waals surface area contributed by atoms with Crippen LogP contribution in [0.25, 0.3) is 22.4 Å². The molecule has 0 radical (unpaired) electrons. The van der Waals surface area contributed by atoms with Crippen LogP contribution in [-0.4, -0.2) is 4.98 Å². The molecule has 0 fully saturated rings. The van der Waals surface area contributed by atoms with Gasteiger partial charge in [0, 0.05) is 15.3 Å². The normalized spacial score (nSPS) is 11.5. The molecule has 116 valence electrons. The molecule has 1 aromatic heterocycles. The second-order valence-corrected chi connectivity index (χ2v) is 7.90. The van der Waals surface area contributed by atoms with E-state index < -0.39 is 0 Å². The Kier molecular flexibility index (Phi) is 4.53. The molecule has 0 saturated heterocycles. The third-order valence-corrected chi connectivity index (χ3v) is 4.92. The summed E-state index contributed by atoms with van der Waals surface area (Å²) >= 11 is 2.38. The summed E-state index contributed by atoms with van der Waals surface area (Å²) in [6.45, 7) is 6.64. The number of hydrogen-bond donors (Lipinski definition) is 0. The predicted octanol–water partition coefficient (Wildman–Crippen LogP) is 6.32. The maximum Gasteiger partial charge on any atom is 0.0713 e. The maximum atomic E-state index is 4.71. The molecule has 0 amide bonds. The van der Waals surface area contributed by atoms with Crippen LogP contribution in [0.4, 0.5) is 0 Å². The highest BCUT2D eigenvalue weighted by atomic mass is 127. The first kappa shape index (κ1) is 16.2. The zero-order chi connectivity index (χ0) is 16.4. The quantitative estimate of drug-likeness (QED) is 0.448. The summed E-state index contributed by atoms with van der Waals surface area (Å²) in [7, 11) is 0. The maximum absolute atomic E-state index is 4.71. The van der Waals surface area contributed by atoms with Gasteiger partial charge in [-0.3, -0.25) is 4.98 Å². The summed E-state index contributed by atoms with van der Waals surface area (Å²) in [5, 5.41) is 0. The molecule has 3 rings (SSSR count). The number of halogens is 1. The minimum atomic E-state index is 0.130. The monoisotopic (exact) mass is 413 g/mol. The first-order valence-electron chi connectivity index (χ1n) is 7.77. The van der Waals surface area contributed by atoms with Crippen LogP contribution in [0.2, 0.25) is 0 Å². The molecule has 0 atom stereocenters. The highest BCUT2D eigenvalue weighted by molar-refractivity contribution is 14.1. The van der Waals surface area contributed by atoms with Crippen molar-refractivity contribution in [3.05, 3.63) is 76.0 Å². The van der Waals surface area contributed by atoms with E-state index in [1.165, 1.54) is 25.8 Å². The van der Waals surface area contributed by atoms with E-state index in [0.29, 0.717) is 0 Å². The first-order valence-corrected chi connectivity index (χ1v) is 8.85. The Morgan fingerprint density at radius 3 is 2.17 bits per heavy atom. The van der Waals surface area contributed by atoms with Gasteiger partial charge in [0.25, 0.3) is 0 Å². The molecule has 23 heavy (non-hydrogen) atoms. The summed E-state index contributed by atoms with van der Waals surface area (Å²) < 4.78 is 1.22. The van der Waals surface area contributed by atoms with Gasteiger partial charge >= 0.3 is 0 Å². The molecule has 0 unspecified atom stereocenters. The van der Waals surface area contributed by atoms with E-state index in [1.54, 1.807) is 0 Å². The van der Waals surface area contributed by atoms with E-state index in [-0.39, 0.29) is 5.41 Å². The fraction of sp³-hybridized carbons (Fsp3) is 0.190. The smallest absolute Gasteiger partial charge is 0.0713 e. The minimum Gasteiger partial charge on any atom is -0.256 e. The summed E-state index contributed by atoms with van der Waals surface area (Å²) in [5.41, 5.74) is 6.06. The Morgan fingerprint density at radius 2 is 1.57 bits per heavy atom. The molecule has 0 bridgehead atoms. The van der Waals surface area contributed by atoms with Gasteiger partial charge in [-0.15, -0.1) is 0 Å². The van der Waals surface area contributed by atoms with E-state index in [0.717, 1.165) is 5.69 Å². The van der Waals surface area contributed by atoms with Crippen molar-refractivity contribution in [1.29, 1.82) is 0 Å². The van der Waals surface area contributed by atoms with Crippen molar-refractivity contribution in [2.45, 2.75) is 26.2 Å². The zero-order valence-corrected chi connectivity index (χ0v) is 15.8. The predicted molar refractivity (Wildman–Crippen MR) is 107 cm³/mol. The Bertz CT molecular complexity index is 799. The van der Waals surface area contributed by atoms with E-state index in [1.807, 2.05) is 12.3 Å². The molecule has 1 nitrogen and oxygen atoms in total. The van der Waals surface area contributed by atoms with Gasteiger partial charge in [0.1, 0.15) is 0 Å². The Balaban J connectivity index is 2.03. The number of benzene rings is 2. The summed E-state index contributed by atoms with van der Waals surface area (Å²) in [6.07, 6.45) is 2.00. The van der Waals surface area contributed by atoms with Gasteiger partial charge < -0.3 is 0 Å². The SMILES string of the molecule is CC(C)(C)c1ccc(-c2cc(-c3ccccc3)ccc2I)nc1. The lowest BCUT2D eigenvalue weighted by Crippen LogP contribution is -2.11. The summed E-state index contributed by atoms with van der Waals surface area (Å²) in [5.74, 6) is 0. The van der Waals surface area contributed by atoms with E-state index in [9.17, 15) is 0 Å². The van der Waals surface area contributed by atoms with Gasteiger partial charge in [-0.05, 0) is 62.9 Å². The molecule has 0 aliphatic rings. The van der Waals surface area contributed by atoms with Gasteiger partial charge in [-0.25, -0.2) is 0 Å². The lowest BCUT2D eigenvalue weighted by atomic mass is 9.88. The molecular formula is C21H20IN. The molecule has 0 saturated carbocycles. The second kappa shape index (κ2) is 6.44. The Hall–Kier alpha value is -1.68. The molecule has 3 aromatic rings. The van der Waals surface area contributed by atoms with Crippen LogP contribution in [0, 0.1) is 3.57 Å². The largest absolute Gasteiger partial charge is 0.256 e. The highest BCUT2D eigenvalue weighted by Gasteiger charge is 2.14. The highest BCUT2D eigenvalue weighted by Crippen LogP contribution is 2.30. The Labute approximate surface area is 151 Å². The van der Waals surface area contributed by atoms with Crippen molar-refractivity contribution in [1.82, 2.24) is 4.98 Å². The molecule has 0 N–H and O–H groups in total. The fourth-order valence-corrected chi connectivity index (χ4v) is 3.14. The van der Waals surface area contributed by atoms with E-state index in [2.05, 4.69) is 98.0 Å². The van der Waals surface area contributed by atoms with Gasteiger partial charge in [0.2, 0.25) is 0 Å². The van der Waals surface area contributed by atoms with Gasteiger partial charge in [0.15, 0.2) is 0 Å². The molecular weight excluding hydrogens is 393 g/mol. The van der Waals surface area contributed by atoms with Crippen LogP contribution in [0.3, 0.4) is 0 Å². The minimum absolute atomic E-state index is 0.130. The molecule has 2 heteroatoms. The van der Waals surface area contributed by atoms with Crippen LogP contribution >= 0.6 is 22.6 Å².